The van der Waals surface area contributed by atoms with Crippen LogP contribution >= 0.6 is 0 Å². The van der Waals surface area contributed by atoms with Crippen molar-refractivity contribution in [1.82, 2.24) is 19.9 Å². The maximum atomic E-state index is 6.10. The van der Waals surface area contributed by atoms with Gasteiger partial charge in [0.05, 0.1) is 23.2 Å². The molecule has 3 aromatic rings. The first-order chi connectivity index (χ1) is 13.2. The molecule has 27 heavy (non-hydrogen) atoms. The fourth-order valence-corrected chi connectivity index (χ4v) is 3.56. The van der Waals surface area contributed by atoms with Crippen molar-refractivity contribution in [2.24, 2.45) is 5.92 Å². The third-order valence-corrected chi connectivity index (χ3v) is 5.02. The van der Waals surface area contributed by atoms with Gasteiger partial charge in [0.2, 0.25) is 5.95 Å². The SMILES string of the molecule is Nc1nc(N)c2c(OCC3CCN(Cc4ccccn4)CC3)cccc2n1. The highest BCUT2D eigenvalue weighted by Crippen LogP contribution is 2.30. The number of pyridine rings is 1. The lowest BCUT2D eigenvalue weighted by atomic mass is 9.97. The topological polar surface area (TPSA) is 103 Å². The second kappa shape index (κ2) is 7.75. The van der Waals surface area contributed by atoms with Gasteiger partial charge < -0.3 is 16.2 Å². The van der Waals surface area contributed by atoms with Crippen molar-refractivity contribution >= 4 is 22.7 Å². The van der Waals surface area contributed by atoms with E-state index in [1.54, 1.807) is 0 Å². The summed E-state index contributed by atoms with van der Waals surface area (Å²) in [5.74, 6) is 1.78. The predicted molar refractivity (Wildman–Crippen MR) is 106 cm³/mol. The number of rotatable bonds is 5. The highest BCUT2D eigenvalue weighted by atomic mass is 16.5. The van der Waals surface area contributed by atoms with E-state index in [1.165, 1.54) is 0 Å². The average molecular weight is 364 g/mol. The van der Waals surface area contributed by atoms with E-state index in [0.717, 1.165) is 49.3 Å². The lowest BCUT2D eigenvalue weighted by molar-refractivity contribution is 0.136. The number of likely N-dealkylation sites (tertiary alicyclic amines) is 1. The summed E-state index contributed by atoms with van der Waals surface area (Å²) in [5.41, 5.74) is 13.5. The molecule has 4 N–H and O–H groups in total. The van der Waals surface area contributed by atoms with Crippen LogP contribution in [0.15, 0.2) is 42.6 Å². The van der Waals surface area contributed by atoms with Gasteiger partial charge in [-0.1, -0.05) is 12.1 Å². The third-order valence-electron chi connectivity index (χ3n) is 5.02. The molecule has 4 rings (SSSR count). The van der Waals surface area contributed by atoms with Crippen LogP contribution in [0.1, 0.15) is 18.5 Å². The molecule has 0 bridgehead atoms. The minimum Gasteiger partial charge on any atom is -0.492 e. The molecule has 1 aromatic carbocycles. The summed E-state index contributed by atoms with van der Waals surface area (Å²) in [4.78, 5) is 15.2. The minimum absolute atomic E-state index is 0.178. The molecular weight excluding hydrogens is 340 g/mol. The second-order valence-electron chi connectivity index (χ2n) is 6.97. The maximum absolute atomic E-state index is 6.10. The first-order valence-corrected chi connectivity index (χ1v) is 9.26. The molecular formula is C20H24N6O. The minimum atomic E-state index is 0.178. The van der Waals surface area contributed by atoms with Crippen LogP contribution < -0.4 is 16.2 Å². The molecule has 0 saturated carbocycles. The molecule has 0 radical (unpaired) electrons. The Labute approximate surface area is 158 Å². The summed E-state index contributed by atoms with van der Waals surface area (Å²) in [7, 11) is 0. The molecule has 1 aliphatic rings. The number of hydrogen-bond acceptors (Lipinski definition) is 7. The van der Waals surface area contributed by atoms with Gasteiger partial charge in [0.15, 0.2) is 0 Å². The van der Waals surface area contributed by atoms with Crippen LogP contribution in [0.3, 0.4) is 0 Å². The lowest BCUT2D eigenvalue weighted by Crippen LogP contribution is -2.35. The van der Waals surface area contributed by atoms with E-state index in [4.69, 9.17) is 16.2 Å². The summed E-state index contributed by atoms with van der Waals surface area (Å²) in [5, 5.41) is 0.735. The Morgan fingerprint density at radius 2 is 1.89 bits per heavy atom. The first-order valence-electron chi connectivity index (χ1n) is 9.26. The van der Waals surface area contributed by atoms with E-state index in [2.05, 4.69) is 25.9 Å². The van der Waals surface area contributed by atoms with Crippen molar-refractivity contribution in [3.8, 4) is 5.75 Å². The standard InChI is InChI=1S/C20H24N6O/c21-19-18-16(24-20(22)25-19)5-3-6-17(18)27-13-14-7-10-26(11-8-14)12-15-4-1-2-9-23-15/h1-6,9,14H,7-8,10-13H2,(H4,21,22,24,25). The van der Waals surface area contributed by atoms with Crippen LogP contribution in [0.2, 0.25) is 0 Å². The number of nitrogens with zero attached hydrogens (tertiary/aromatic N) is 4. The highest BCUT2D eigenvalue weighted by Gasteiger charge is 2.20. The van der Waals surface area contributed by atoms with Crippen molar-refractivity contribution in [3.63, 3.8) is 0 Å². The number of piperidine rings is 1. The van der Waals surface area contributed by atoms with Crippen LogP contribution in [0.25, 0.3) is 10.9 Å². The summed E-state index contributed by atoms with van der Waals surface area (Å²) in [6, 6.07) is 11.7. The predicted octanol–water partition coefficient (Wildman–Crippen LogP) is 2.48. The van der Waals surface area contributed by atoms with Crippen molar-refractivity contribution in [3.05, 3.63) is 48.3 Å². The zero-order valence-electron chi connectivity index (χ0n) is 15.2. The van der Waals surface area contributed by atoms with Gasteiger partial charge in [-0.3, -0.25) is 9.88 Å². The molecule has 7 nitrogen and oxygen atoms in total. The van der Waals surface area contributed by atoms with Crippen LogP contribution in [0.5, 0.6) is 5.75 Å². The Morgan fingerprint density at radius 3 is 2.67 bits per heavy atom. The maximum Gasteiger partial charge on any atom is 0.222 e. The third kappa shape index (κ3) is 4.09. The Kier molecular flexibility index (Phi) is 5.02. The number of fused-ring (bicyclic) bond motifs is 1. The van der Waals surface area contributed by atoms with Gasteiger partial charge in [-0.15, -0.1) is 0 Å². The monoisotopic (exact) mass is 364 g/mol. The summed E-state index contributed by atoms with van der Waals surface area (Å²) >= 11 is 0. The van der Waals surface area contributed by atoms with Gasteiger partial charge in [0.1, 0.15) is 11.6 Å². The van der Waals surface area contributed by atoms with Crippen molar-refractivity contribution in [2.75, 3.05) is 31.2 Å². The summed E-state index contributed by atoms with van der Waals surface area (Å²) in [6.07, 6.45) is 4.07. The molecule has 3 heterocycles. The Morgan fingerprint density at radius 1 is 1.04 bits per heavy atom. The molecule has 0 amide bonds. The number of nitrogen functional groups attached to an aromatic ring is 2. The van der Waals surface area contributed by atoms with Crippen molar-refractivity contribution in [2.45, 2.75) is 19.4 Å². The van der Waals surface area contributed by atoms with Crippen LogP contribution in [0, 0.1) is 5.92 Å². The molecule has 0 unspecified atom stereocenters. The van der Waals surface area contributed by atoms with Gasteiger partial charge in [-0.05, 0) is 56.1 Å². The molecule has 7 heteroatoms. The molecule has 2 aromatic heterocycles. The second-order valence-corrected chi connectivity index (χ2v) is 6.97. The van der Waals surface area contributed by atoms with E-state index < -0.39 is 0 Å². The molecule has 0 aliphatic carbocycles. The van der Waals surface area contributed by atoms with E-state index >= 15 is 0 Å². The number of anilines is 2. The summed E-state index contributed by atoms with van der Waals surface area (Å²) < 4.78 is 6.10. The Balaban J connectivity index is 1.35. The Bertz CT molecular complexity index is 909. The number of nitrogens with two attached hydrogens (primary N) is 2. The fourth-order valence-electron chi connectivity index (χ4n) is 3.56. The average Bonchev–Trinajstić information content (AvgIpc) is 2.68. The molecule has 0 atom stereocenters. The zero-order valence-corrected chi connectivity index (χ0v) is 15.2. The molecule has 1 saturated heterocycles. The van der Waals surface area contributed by atoms with E-state index in [1.807, 2.05) is 36.5 Å². The highest BCUT2D eigenvalue weighted by molar-refractivity contribution is 5.94. The number of benzene rings is 1. The van der Waals surface area contributed by atoms with Gasteiger partial charge in [0, 0.05) is 12.7 Å². The normalized spacial score (nSPS) is 15.9. The van der Waals surface area contributed by atoms with Crippen LogP contribution in [-0.2, 0) is 6.54 Å². The Hall–Kier alpha value is -2.93. The number of ether oxygens (including phenoxy) is 1. The van der Waals surface area contributed by atoms with Crippen LogP contribution in [-0.4, -0.2) is 39.5 Å². The molecule has 1 fully saturated rings. The van der Waals surface area contributed by atoms with Gasteiger partial charge >= 0.3 is 0 Å². The van der Waals surface area contributed by atoms with E-state index in [0.29, 0.717) is 23.9 Å². The zero-order chi connectivity index (χ0) is 18.6. The summed E-state index contributed by atoms with van der Waals surface area (Å²) in [6.45, 7) is 3.69. The van der Waals surface area contributed by atoms with Crippen molar-refractivity contribution in [1.29, 1.82) is 0 Å². The number of aromatic nitrogens is 3. The quantitative estimate of drug-likeness (QED) is 0.717. The molecule has 1 aliphatic heterocycles. The van der Waals surface area contributed by atoms with Gasteiger partial charge in [-0.2, -0.15) is 4.98 Å². The smallest absolute Gasteiger partial charge is 0.222 e. The largest absolute Gasteiger partial charge is 0.492 e. The van der Waals surface area contributed by atoms with Gasteiger partial charge in [0.25, 0.3) is 0 Å². The van der Waals surface area contributed by atoms with Crippen LogP contribution in [0.4, 0.5) is 11.8 Å². The van der Waals surface area contributed by atoms with Gasteiger partial charge in [-0.25, -0.2) is 4.98 Å². The fraction of sp³-hybridized carbons (Fsp3) is 0.350. The van der Waals surface area contributed by atoms with E-state index in [9.17, 15) is 0 Å². The lowest BCUT2D eigenvalue weighted by Gasteiger charge is -2.31. The number of hydrogen-bond donors (Lipinski definition) is 2. The van der Waals surface area contributed by atoms with Crippen molar-refractivity contribution < 1.29 is 4.74 Å². The van der Waals surface area contributed by atoms with E-state index in [-0.39, 0.29) is 5.95 Å². The molecule has 0 spiro atoms. The first kappa shape index (κ1) is 17.5. The molecule has 140 valence electrons.